The van der Waals surface area contributed by atoms with Gasteiger partial charge in [0.25, 0.3) is 0 Å². The molecule has 2 nitrogen and oxygen atoms in total. The third-order valence-electron chi connectivity index (χ3n) is 3.44. The first kappa shape index (κ1) is 9.77. The molecule has 0 saturated carbocycles. The van der Waals surface area contributed by atoms with E-state index in [2.05, 4.69) is 34.3 Å². The lowest BCUT2D eigenvalue weighted by Crippen LogP contribution is -2.26. The zero-order valence-electron chi connectivity index (χ0n) is 9.93. The lowest BCUT2D eigenvalue weighted by molar-refractivity contribution is 1.12. The highest BCUT2D eigenvalue weighted by atomic mass is 14.8. The van der Waals surface area contributed by atoms with Crippen LogP contribution in [0.2, 0.25) is 0 Å². The first-order valence-corrected chi connectivity index (χ1v) is 6.27. The first-order chi connectivity index (χ1) is 8.90. The minimum absolute atomic E-state index is 0.963. The van der Waals surface area contributed by atoms with Gasteiger partial charge in [-0.25, -0.2) is 9.97 Å². The number of para-hydroxylation sites is 2. The van der Waals surface area contributed by atoms with Crippen molar-refractivity contribution in [1.29, 1.82) is 0 Å². The van der Waals surface area contributed by atoms with Crippen molar-refractivity contribution in [1.82, 2.24) is 9.97 Å². The van der Waals surface area contributed by atoms with Crippen LogP contribution in [0.1, 0.15) is 12.8 Å². The Morgan fingerprint density at radius 1 is 0.667 bits per heavy atom. The summed E-state index contributed by atoms with van der Waals surface area (Å²) in [5.74, 6) is 0. The van der Waals surface area contributed by atoms with Gasteiger partial charge in [-0.1, -0.05) is 24.3 Å². The SMILES string of the molecule is C1=c2cc3nc4ccccc4nc3cc2=CCC1. The molecule has 0 aliphatic heterocycles. The van der Waals surface area contributed by atoms with E-state index in [0.717, 1.165) is 34.9 Å². The van der Waals surface area contributed by atoms with Crippen LogP contribution in [0.3, 0.4) is 0 Å². The molecule has 1 aliphatic rings. The summed E-state index contributed by atoms with van der Waals surface area (Å²) in [6.07, 6.45) is 6.82. The number of hydrogen-bond donors (Lipinski definition) is 0. The maximum absolute atomic E-state index is 4.69. The number of rotatable bonds is 0. The monoisotopic (exact) mass is 232 g/mol. The van der Waals surface area contributed by atoms with Crippen LogP contribution >= 0.6 is 0 Å². The summed E-state index contributed by atoms with van der Waals surface area (Å²) < 4.78 is 0. The lowest BCUT2D eigenvalue weighted by Gasteiger charge is -2.04. The minimum Gasteiger partial charge on any atom is -0.244 e. The molecule has 4 rings (SSSR count). The molecule has 2 heteroatoms. The van der Waals surface area contributed by atoms with Gasteiger partial charge >= 0.3 is 0 Å². The Hall–Kier alpha value is -2.22. The van der Waals surface area contributed by atoms with Crippen molar-refractivity contribution in [3.8, 4) is 0 Å². The quantitative estimate of drug-likeness (QED) is 0.555. The number of hydrogen-bond acceptors (Lipinski definition) is 2. The molecule has 0 amide bonds. The Morgan fingerprint density at radius 2 is 1.17 bits per heavy atom. The average Bonchev–Trinajstić information content (AvgIpc) is 2.42. The fourth-order valence-electron chi connectivity index (χ4n) is 2.53. The topological polar surface area (TPSA) is 25.8 Å². The van der Waals surface area contributed by atoms with Gasteiger partial charge in [-0.15, -0.1) is 0 Å². The van der Waals surface area contributed by atoms with Gasteiger partial charge in [-0.05, 0) is 47.5 Å². The molecule has 1 aromatic heterocycles. The zero-order valence-corrected chi connectivity index (χ0v) is 9.93. The molecule has 0 saturated heterocycles. The van der Waals surface area contributed by atoms with E-state index in [1.165, 1.54) is 10.4 Å². The number of aromatic nitrogens is 2. The normalized spacial score (nSPS) is 14.0. The second-order valence-electron chi connectivity index (χ2n) is 4.67. The molecule has 86 valence electrons. The van der Waals surface area contributed by atoms with E-state index < -0.39 is 0 Å². The van der Waals surface area contributed by atoms with Crippen molar-refractivity contribution in [3.63, 3.8) is 0 Å². The van der Waals surface area contributed by atoms with E-state index in [4.69, 9.17) is 0 Å². The molecule has 18 heavy (non-hydrogen) atoms. The Labute approximate surface area is 104 Å². The first-order valence-electron chi connectivity index (χ1n) is 6.27. The highest BCUT2D eigenvalue weighted by molar-refractivity contribution is 5.86. The van der Waals surface area contributed by atoms with E-state index >= 15 is 0 Å². The molecule has 0 spiro atoms. The Bertz CT molecular complexity index is 805. The standard InChI is InChI=1S/C16H12N2/c1-2-6-12-10-16-15(9-11(12)5-1)17-13-7-3-4-8-14(13)18-16/h3-10H,1-2H2. The Morgan fingerprint density at radius 3 is 1.67 bits per heavy atom. The maximum atomic E-state index is 4.69. The smallest absolute Gasteiger partial charge is 0.0900 e. The van der Waals surface area contributed by atoms with Gasteiger partial charge in [0.2, 0.25) is 0 Å². The summed E-state index contributed by atoms with van der Waals surface area (Å²) in [6, 6.07) is 12.3. The second-order valence-corrected chi connectivity index (χ2v) is 4.67. The highest BCUT2D eigenvalue weighted by Gasteiger charge is 2.02. The van der Waals surface area contributed by atoms with Crippen LogP contribution in [0.25, 0.3) is 34.2 Å². The summed E-state index contributed by atoms with van der Waals surface area (Å²) in [7, 11) is 0. The van der Waals surface area contributed by atoms with Crippen LogP contribution in [-0.4, -0.2) is 9.97 Å². The average molecular weight is 232 g/mol. The van der Waals surface area contributed by atoms with E-state index in [1.54, 1.807) is 0 Å². The summed E-state index contributed by atoms with van der Waals surface area (Å²) in [4.78, 5) is 9.38. The highest BCUT2D eigenvalue weighted by Crippen LogP contribution is 2.13. The summed E-state index contributed by atoms with van der Waals surface area (Å²) in [6.45, 7) is 0. The van der Waals surface area contributed by atoms with Gasteiger partial charge < -0.3 is 0 Å². The van der Waals surface area contributed by atoms with E-state index in [-0.39, 0.29) is 0 Å². The van der Waals surface area contributed by atoms with Crippen LogP contribution in [0.4, 0.5) is 0 Å². The van der Waals surface area contributed by atoms with Crippen molar-refractivity contribution in [2.45, 2.75) is 12.8 Å². The van der Waals surface area contributed by atoms with Gasteiger partial charge in [0.05, 0.1) is 22.1 Å². The lowest BCUT2D eigenvalue weighted by atomic mass is 10.1. The van der Waals surface area contributed by atoms with Gasteiger partial charge in [-0.2, -0.15) is 0 Å². The van der Waals surface area contributed by atoms with Crippen molar-refractivity contribution in [2.75, 3.05) is 0 Å². The minimum atomic E-state index is 0.963. The van der Waals surface area contributed by atoms with Crippen molar-refractivity contribution in [3.05, 3.63) is 46.8 Å². The second kappa shape index (κ2) is 3.64. The van der Waals surface area contributed by atoms with Crippen LogP contribution in [0.5, 0.6) is 0 Å². The molecule has 0 N–H and O–H groups in total. The zero-order chi connectivity index (χ0) is 11.9. The third kappa shape index (κ3) is 1.42. The largest absolute Gasteiger partial charge is 0.244 e. The molecule has 0 atom stereocenters. The molecule has 0 fully saturated rings. The molecule has 1 heterocycles. The van der Waals surface area contributed by atoms with Crippen LogP contribution in [0.15, 0.2) is 36.4 Å². The Balaban J connectivity index is 2.19. The van der Waals surface area contributed by atoms with E-state index in [1.807, 2.05) is 24.3 Å². The predicted octanol–water partition coefficient (Wildman–Crippen LogP) is 2.14. The van der Waals surface area contributed by atoms with E-state index in [9.17, 15) is 0 Å². The van der Waals surface area contributed by atoms with Crippen molar-refractivity contribution in [2.24, 2.45) is 0 Å². The summed E-state index contributed by atoms with van der Waals surface area (Å²) in [5, 5.41) is 2.58. The van der Waals surface area contributed by atoms with Crippen molar-refractivity contribution >= 4 is 34.2 Å². The fourth-order valence-corrected chi connectivity index (χ4v) is 2.53. The molecular weight excluding hydrogens is 220 g/mol. The van der Waals surface area contributed by atoms with Crippen LogP contribution < -0.4 is 10.4 Å². The maximum Gasteiger partial charge on any atom is 0.0900 e. The van der Waals surface area contributed by atoms with Gasteiger partial charge in [0, 0.05) is 0 Å². The van der Waals surface area contributed by atoms with Crippen LogP contribution in [0, 0.1) is 0 Å². The molecular formula is C16H12N2. The Kier molecular flexibility index (Phi) is 1.97. The number of benzene rings is 2. The molecule has 3 aromatic rings. The van der Waals surface area contributed by atoms with Gasteiger partial charge in [0.15, 0.2) is 0 Å². The predicted molar refractivity (Wildman–Crippen MR) is 74.5 cm³/mol. The fraction of sp³-hybridized carbons (Fsp3) is 0.125. The molecule has 1 aliphatic carbocycles. The van der Waals surface area contributed by atoms with Gasteiger partial charge in [-0.3, -0.25) is 0 Å². The van der Waals surface area contributed by atoms with Crippen molar-refractivity contribution < 1.29 is 0 Å². The molecule has 0 radical (unpaired) electrons. The van der Waals surface area contributed by atoms with Crippen LogP contribution in [-0.2, 0) is 0 Å². The molecule has 0 unspecified atom stereocenters. The van der Waals surface area contributed by atoms with Gasteiger partial charge in [0.1, 0.15) is 0 Å². The number of fused-ring (bicyclic) bond motifs is 3. The molecule has 0 bridgehead atoms. The van der Waals surface area contributed by atoms with E-state index in [0.29, 0.717) is 0 Å². The summed E-state index contributed by atoms with van der Waals surface area (Å²) in [5.41, 5.74) is 3.90. The molecule has 2 aromatic carbocycles. The third-order valence-corrected chi connectivity index (χ3v) is 3.44. The number of nitrogens with zero attached hydrogens (tertiary/aromatic N) is 2. The summed E-state index contributed by atoms with van der Waals surface area (Å²) >= 11 is 0.